The summed E-state index contributed by atoms with van der Waals surface area (Å²) in [4.78, 5) is 14.0. The summed E-state index contributed by atoms with van der Waals surface area (Å²) in [5.74, 6) is 0.0756. The number of aryl methyl sites for hydroxylation is 1. The van der Waals surface area contributed by atoms with Gasteiger partial charge in [0, 0.05) is 25.1 Å². The van der Waals surface area contributed by atoms with E-state index in [2.05, 4.69) is 5.16 Å². The minimum absolute atomic E-state index is 0.0457. The van der Waals surface area contributed by atoms with Crippen molar-refractivity contribution in [1.82, 2.24) is 4.90 Å². The van der Waals surface area contributed by atoms with Crippen LogP contribution in [-0.4, -0.2) is 34.9 Å². The van der Waals surface area contributed by atoms with Gasteiger partial charge in [-0.2, -0.15) is 0 Å². The zero-order valence-corrected chi connectivity index (χ0v) is 11.6. The Bertz CT molecular complexity index is 472. The number of oxime groups is 1. The van der Waals surface area contributed by atoms with Crippen LogP contribution in [0.5, 0.6) is 0 Å². The van der Waals surface area contributed by atoms with Gasteiger partial charge in [0.25, 0.3) is 5.91 Å². The van der Waals surface area contributed by atoms with Crippen molar-refractivity contribution in [3.63, 3.8) is 0 Å². The molecule has 0 heterocycles. The van der Waals surface area contributed by atoms with Gasteiger partial charge in [0.2, 0.25) is 0 Å². The number of carbonyl (C=O) groups is 1. The first-order valence-corrected chi connectivity index (χ1v) is 6.32. The van der Waals surface area contributed by atoms with E-state index in [9.17, 15) is 4.79 Å². The normalized spacial score (nSPS) is 13.1. The van der Waals surface area contributed by atoms with Crippen molar-refractivity contribution in [2.45, 2.75) is 32.7 Å². The van der Waals surface area contributed by atoms with E-state index >= 15 is 0 Å². The smallest absolute Gasteiger partial charge is 0.254 e. The highest BCUT2D eigenvalue weighted by Crippen LogP contribution is 2.14. The molecule has 104 valence electrons. The van der Waals surface area contributed by atoms with Crippen LogP contribution >= 0.6 is 0 Å². The van der Waals surface area contributed by atoms with Crippen LogP contribution in [0.1, 0.15) is 36.2 Å². The standard InChI is InChI=1S/C14H21N3O2/c1-4-11-7-5-6-8-12(11)14(18)17(3)10(2)9-13(15)16-19/h5-8,10,19H,4,9H2,1-3H3,(H2,15,16). The Hall–Kier alpha value is -2.04. The molecule has 0 spiro atoms. The van der Waals surface area contributed by atoms with Crippen LogP contribution in [0.25, 0.3) is 0 Å². The summed E-state index contributed by atoms with van der Waals surface area (Å²) in [6.07, 6.45) is 1.15. The SMILES string of the molecule is CCc1ccccc1C(=O)N(C)C(C)C/C(N)=N/O. The van der Waals surface area contributed by atoms with Crippen molar-refractivity contribution in [1.29, 1.82) is 0 Å². The van der Waals surface area contributed by atoms with Crippen molar-refractivity contribution >= 4 is 11.7 Å². The van der Waals surface area contributed by atoms with E-state index in [-0.39, 0.29) is 17.8 Å². The molecule has 5 heteroatoms. The molecule has 5 nitrogen and oxygen atoms in total. The molecule has 1 atom stereocenters. The third-order valence-electron chi connectivity index (χ3n) is 3.24. The number of hydrogen-bond donors (Lipinski definition) is 2. The maximum atomic E-state index is 12.4. The number of benzene rings is 1. The molecular weight excluding hydrogens is 242 g/mol. The van der Waals surface area contributed by atoms with Gasteiger partial charge >= 0.3 is 0 Å². The highest BCUT2D eigenvalue weighted by molar-refractivity contribution is 5.96. The summed E-state index contributed by atoms with van der Waals surface area (Å²) in [7, 11) is 1.73. The third-order valence-corrected chi connectivity index (χ3v) is 3.24. The van der Waals surface area contributed by atoms with Gasteiger partial charge in [-0.3, -0.25) is 4.79 Å². The largest absolute Gasteiger partial charge is 0.409 e. The second-order valence-electron chi connectivity index (χ2n) is 4.57. The van der Waals surface area contributed by atoms with Gasteiger partial charge in [-0.15, -0.1) is 0 Å². The molecule has 0 saturated heterocycles. The fraction of sp³-hybridized carbons (Fsp3) is 0.429. The van der Waals surface area contributed by atoms with Crippen LogP contribution in [0, 0.1) is 0 Å². The van der Waals surface area contributed by atoms with Crippen LogP contribution in [0.3, 0.4) is 0 Å². The minimum atomic E-state index is -0.131. The lowest BCUT2D eigenvalue weighted by Gasteiger charge is -2.25. The van der Waals surface area contributed by atoms with Crippen LogP contribution in [0.15, 0.2) is 29.4 Å². The second-order valence-corrected chi connectivity index (χ2v) is 4.57. The fourth-order valence-electron chi connectivity index (χ4n) is 1.91. The first-order valence-electron chi connectivity index (χ1n) is 6.32. The molecule has 1 rings (SSSR count). The molecule has 1 unspecified atom stereocenters. The number of nitrogens with two attached hydrogens (primary N) is 1. The van der Waals surface area contributed by atoms with Gasteiger partial charge in [-0.1, -0.05) is 30.3 Å². The quantitative estimate of drug-likeness (QED) is 0.368. The van der Waals surface area contributed by atoms with Crippen molar-refractivity contribution in [2.75, 3.05) is 7.05 Å². The van der Waals surface area contributed by atoms with E-state index in [1.54, 1.807) is 11.9 Å². The zero-order chi connectivity index (χ0) is 14.4. The minimum Gasteiger partial charge on any atom is -0.409 e. The Balaban J connectivity index is 2.87. The third kappa shape index (κ3) is 3.71. The van der Waals surface area contributed by atoms with Crippen LogP contribution < -0.4 is 5.73 Å². The Morgan fingerprint density at radius 1 is 1.47 bits per heavy atom. The van der Waals surface area contributed by atoms with Gasteiger partial charge in [0.05, 0.1) is 0 Å². The Morgan fingerprint density at radius 3 is 2.68 bits per heavy atom. The van der Waals surface area contributed by atoms with Crippen molar-refractivity contribution in [2.24, 2.45) is 10.9 Å². The van der Waals surface area contributed by atoms with Gasteiger partial charge in [0.1, 0.15) is 5.84 Å². The fourth-order valence-corrected chi connectivity index (χ4v) is 1.91. The highest BCUT2D eigenvalue weighted by atomic mass is 16.4. The molecule has 19 heavy (non-hydrogen) atoms. The number of carbonyl (C=O) groups excluding carboxylic acids is 1. The van der Waals surface area contributed by atoms with E-state index in [4.69, 9.17) is 10.9 Å². The van der Waals surface area contributed by atoms with E-state index < -0.39 is 0 Å². The summed E-state index contributed by atoms with van der Waals surface area (Å²) >= 11 is 0. The molecular formula is C14H21N3O2. The molecule has 0 fully saturated rings. The maximum Gasteiger partial charge on any atom is 0.254 e. The molecule has 1 aromatic rings. The molecule has 0 bridgehead atoms. The molecule has 3 N–H and O–H groups in total. The maximum absolute atomic E-state index is 12.4. The lowest BCUT2D eigenvalue weighted by atomic mass is 10.0. The summed E-state index contributed by atoms with van der Waals surface area (Å²) in [6.45, 7) is 3.89. The van der Waals surface area contributed by atoms with E-state index in [0.717, 1.165) is 12.0 Å². The van der Waals surface area contributed by atoms with Crippen LogP contribution in [0.2, 0.25) is 0 Å². The van der Waals surface area contributed by atoms with Crippen LogP contribution in [0.4, 0.5) is 0 Å². The van der Waals surface area contributed by atoms with Crippen molar-refractivity contribution in [3.8, 4) is 0 Å². The molecule has 0 aromatic heterocycles. The summed E-state index contributed by atoms with van der Waals surface area (Å²) in [6, 6.07) is 7.43. The monoisotopic (exact) mass is 263 g/mol. The average Bonchev–Trinajstić information content (AvgIpc) is 2.45. The lowest BCUT2D eigenvalue weighted by Crippen LogP contribution is -2.38. The van der Waals surface area contributed by atoms with Gasteiger partial charge < -0.3 is 15.8 Å². The molecule has 0 aliphatic heterocycles. The highest BCUT2D eigenvalue weighted by Gasteiger charge is 2.20. The number of amidine groups is 1. The molecule has 0 aliphatic carbocycles. The number of hydrogen-bond acceptors (Lipinski definition) is 3. The first kappa shape index (κ1) is 15.0. The summed E-state index contributed by atoms with van der Waals surface area (Å²) < 4.78 is 0. The number of rotatable bonds is 5. The second kappa shape index (κ2) is 6.78. The molecule has 1 amide bonds. The van der Waals surface area contributed by atoms with Gasteiger partial charge in [0.15, 0.2) is 0 Å². The Kier molecular flexibility index (Phi) is 5.36. The van der Waals surface area contributed by atoms with Crippen LogP contribution in [-0.2, 0) is 6.42 Å². The van der Waals surface area contributed by atoms with Crippen molar-refractivity contribution in [3.05, 3.63) is 35.4 Å². The summed E-state index contributed by atoms with van der Waals surface area (Å²) in [5.41, 5.74) is 7.20. The Labute approximate surface area is 113 Å². The van der Waals surface area contributed by atoms with E-state index in [1.165, 1.54) is 0 Å². The predicted octanol–water partition coefficient (Wildman–Crippen LogP) is 1.85. The number of amides is 1. The molecule has 0 radical (unpaired) electrons. The van der Waals surface area contributed by atoms with E-state index in [1.807, 2.05) is 38.1 Å². The van der Waals surface area contributed by atoms with Crippen molar-refractivity contribution < 1.29 is 10.0 Å². The molecule has 1 aromatic carbocycles. The number of nitrogens with zero attached hydrogens (tertiary/aromatic N) is 2. The Morgan fingerprint density at radius 2 is 2.11 bits per heavy atom. The molecule has 0 saturated carbocycles. The van der Waals surface area contributed by atoms with E-state index in [0.29, 0.717) is 12.0 Å². The van der Waals surface area contributed by atoms with Gasteiger partial charge in [-0.05, 0) is 25.0 Å². The summed E-state index contributed by atoms with van der Waals surface area (Å²) in [5, 5.41) is 11.5. The zero-order valence-electron chi connectivity index (χ0n) is 11.6. The average molecular weight is 263 g/mol. The predicted molar refractivity (Wildman–Crippen MR) is 75.4 cm³/mol. The van der Waals surface area contributed by atoms with Gasteiger partial charge in [-0.25, -0.2) is 0 Å². The first-order chi connectivity index (χ1) is 9.01. The lowest BCUT2D eigenvalue weighted by molar-refractivity contribution is 0.0746. The molecule has 0 aliphatic rings. The topological polar surface area (TPSA) is 78.9 Å².